The smallest absolute Gasteiger partial charge is 0.250 e. The van der Waals surface area contributed by atoms with Gasteiger partial charge >= 0.3 is 0 Å². The molecule has 0 saturated carbocycles. The molecule has 2 aromatic rings. The summed E-state index contributed by atoms with van der Waals surface area (Å²) in [5.41, 5.74) is 0.561. The Labute approximate surface area is 110 Å². The molecule has 0 aliphatic carbocycles. The van der Waals surface area contributed by atoms with E-state index in [-0.39, 0.29) is 18.6 Å². The zero-order chi connectivity index (χ0) is 13.7. The van der Waals surface area contributed by atoms with Crippen LogP contribution in [-0.2, 0) is 9.53 Å². The summed E-state index contributed by atoms with van der Waals surface area (Å²) in [4.78, 5) is 19.8. The van der Waals surface area contributed by atoms with Crippen molar-refractivity contribution in [1.29, 1.82) is 0 Å². The van der Waals surface area contributed by atoms with Crippen LogP contribution in [0.15, 0.2) is 31.0 Å². The van der Waals surface area contributed by atoms with Gasteiger partial charge in [-0.2, -0.15) is 5.10 Å². The first-order chi connectivity index (χ1) is 9.16. The van der Waals surface area contributed by atoms with Gasteiger partial charge in [-0.1, -0.05) is 0 Å². The first-order valence-electron chi connectivity index (χ1n) is 5.88. The molecule has 0 spiro atoms. The molecule has 0 atom stereocenters. The number of pyridine rings is 1. The summed E-state index contributed by atoms with van der Waals surface area (Å²) in [5, 5.41) is 6.73. The van der Waals surface area contributed by atoms with Crippen molar-refractivity contribution in [3.05, 3.63) is 31.0 Å². The van der Waals surface area contributed by atoms with Crippen LogP contribution in [0.2, 0.25) is 0 Å². The molecule has 7 nitrogen and oxygen atoms in total. The molecular formula is C12H15N5O2. The number of aromatic nitrogens is 4. The third kappa shape index (κ3) is 3.59. The van der Waals surface area contributed by atoms with E-state index in [2.05, 4.69) is 20.4 Å². The fourth-order valence-electron chi connectivity index (χ4n) is 1.42. The van der Waals surface area contributed by atoms with Gasteiger partial charge in [0.15, 0.2) is 5.82 Å². The first kappa shape index (κ1) is 13.2. The van der Waals surface area contributed by atoms with Gasteiger partial charge in [-0.15, -0.1) is 0 Å². The summed E-state index contributed by atoms with van der Waals surface area (Å²) in [6.07, 6.45) is 4.55. The summed E-state index contributed by atoms with van der Waals surface area (Å²) in [6, 6.07) is 3.48. The average Bonchev–Trinajstić information content (AvgIpc) is 2.91. The zero-order valence-electron chi connectivity index (χ0n) is 10.8. The molecule has 2 aromatic heterocycles. The average molecular weight is 261 g/mol. The Morgan fingerprint density at radius 2 is 2.37 bits per heavy atom. The SMILES string of the molecule is CC(C)OCC(=O)Nc1cccnc1-n1cncn1. The summed E-state index contributed by atoms with van der Waals surface area (Å²) < 4.78 is 6.72. The van der Waals surface area contributed by atoms with Gasteiger partial charge in [-0.05, 0) is 26.0 Å². The minimum absolute atomic E-state index is 0.00333. The normalized spacial score (nSPS) is 10.7. The van der Waals surface area contributed by atoms with E-state index in [0.717, 1.165) is 0 Å². The highest BCUT2D eigenvalue weighted by Gasteiger charge is 2.10. The van der Waals surface area contributed by atoms with E-state index in [0.29, 0.717) is 11.5 Å². The minimum Gasteiger partial charge on any atom is -0.369 e. The fourth-order valence-corrected chi connectivity index (χ4v) is 1.42. The molecule has 2 heterocycles. The number of hydrogen-bond acceptors (Lipinski definition) is 5. The molecule has 0 unspecified atom stereocenters. The van der Waals surface area contributed by atoms with Crippen LogP contribution in [0.25, 0.3) is 5.82 Å². The Kier molecular flexibility index (Phi) is 4.19. The second-order valence-electron chi connectivity index (χ2n) is 4.12. The highest BCUT2D eigenvalue weighted by molar-refractivity contribution is 5.93. The van der Waals surface area contributed by atoms with E-state index in [1.165, 1.54) is 17.3 Å². The summed E-state index contributed by atoms with van der Waals surface area (Å²) in [7, 11) is 0. The van der Waals surface area contributed by atoms with Crippen molar-refractivity contribution in [2.24, 2.45) is 0 Å². The van der Waals surface area contributed by atoms with Crippen LogP contribution in [0, 0.1) is 0 Å². The van der Waals surface area contributed by atoms with E-state index >= 15 is 0 Å². The lowest BCUT2D eigenvalue weighted by Crippen LogP contribution is -2.21. The molecule has 0 aromatic carbocycles. The van der Waals surface area contributed by atoms with Gasteiger partial charge in [0, 0.05) is 6.20 Å². The predicted octanol–water partition coefficient (Wildman–Crippen LogP) is 1.03. The van der Waals surface area contributed by atoms with E-state index in [9.17, 15) is 4.79 Å². The second kappa shape index (κ2) is 6.05. The third-order valence-electron chi connectivity index (χ3n) is 2.24. The molecule has 100 valence electrons. The zero-order valence-corrected chi connectivity index (χ0v) is 10.8. The molecule has 0 fully saturated rings. The van der Waals surface area contributed by atoms with Crippen LogP contribution in [0.4, 0.5) is 5.69 Å². The van der Waals surface area contributed by atoms with Gasteiger partial charge in [0.2, 0.25) is 5.91 Å². The number of rotatable bonds is 5. The van der Waals surface area contributed by atoms with Crippen molar-refractivity contribution in [3.63, 3.8) is 0 Å². The quantitative estimate of drug-likeness (QED) is 0.869. The molecule has 19 heavy (non-hydrogen) atoms. The van der Waals surface area contributed by atoms with E-state index in [4.69, 9.17) is 4.74 Å². The van der Waals surface area contributed by atoms with Crippen LogP contribution < -0.4 is 5.32 Å². The van der Waals surface area contributed by atoms with Gasteiger partial charge in [0.05, 0.1) is 11.8 Å². The fraction of sp³-hybridized carbons (Fsp3) is 0.333. The molecule has 1 N–H and O–H groups in total. The summed E-state index contributed by atoms with van der Waals surface area (Å²) in [5.74, 6) is 0.279. The Morgan fingerprint density at radius 3 is 3.05 bits per heavy atom. The van der Waals surface area contributed by atoms with Crippen molar-refractivity contribution >= 4 is 11.6 Å². The number of hydrogen-bond donors (Lipinski definition) is 1. The van der Waals surface area contributed by atoms with Crippen LogP contribution in [0.5, 0.6) is 0 Å². The predicted molar refractivity (Wildman–Crippen MR) is 68.9 cm³/mol. The van der Waals surface area contributed by atoms with Crippen LogP contribution in [0.3, 0.4) is 0 Å². The molecular weight excluding hydrogens is 246 g/mol. The Hall–Kier alpha value is -2.28. The maximum atomic E-state index is 11.7. The van der Waals surface area contributed by atoms with E-state index in [1.807, 2.05) is 13.8 Å². The number of carbonyl (C=O) groups is 1. The number of carbonyl (C=O) groups excluding carboxylic acids is 1. The molecule has 7 heteroatoms. The van der Waals surface area contributed by atoms with E-state index < -0.39 is 0 Å². The second-order valence-corrected chi connectivity index (χ2v) is 4.12. The lowest BCUT2D eigenvalue weighted by Gasteiger charge is -2.10. The van der Waals surface area contributed by atoms with Gasteiger partial charge in [-0.25, -0.2) is 14.6 Å². The third-order valence-corrected chi connectivity index (χ3v) is 2.24. The Morgan fingerprint density at radius 1 is 1.53 bits per heavy atom. The lowest BCUT2D eigenvalue weighted by molar-refractivity contribution is -0.121. The van der Waals surface area contributed by atoms with Crippen LogP contribution in [-0.4, -0.2) is 38.4 Å². The minimum atomic E-state index is -0.233. The largest absolute Gasteiger partial charge is 0.369 e. The highest BCUT2D eigenvalue weighted by atomic mass is 16.5. The number of nitrogens with zero attached hydrogens (tertiary/aromatic N) is 4. The Bertz CT molecular complexity index is 539. The number of ether oxygens (including phenoxy) is 1. The van der Waals surface area contributed by atoms with Crippen LogP contribution >= 0.6 is 0 Å². The molecule has 1 amide bonds. The van der Waals surface area contributed by atoms with Gasteiger partial charge in [-0.3, -0.25) is 4.79 Å². The number of amides is 1. The topological polar surface area (TPSA) is 81.9 Å². The monoisotopic (exact) mass is 261 g/mol. The molecule has 0 aliphatic rings. The van der Waals surface area contributed by atoms with E-state index in [1.54, 1.807) is 18.3 Å². The van der Waals surface area contributed by atoms with Gasteiger partial charge in [0.1, 0.15) is 19.3 Å². The van der Waals surface area contributed by atoms with Gasteiger partial charge < -0.3 is 10.1 Å². The van der Waals surface area contributed by atoms with Crippen molar-refractivity contribution in [3.8, 4) is 5.82 Å². The Balaban J connectivity index is 2.10. The molecule has 2 rings (SSSR count). The summed E-state index contributed by atoms with van der Waals surface area (Å²) >= 11 is 0. The molecule has 0 aliphatic heterocycles. The molecule has 0 saturated heterocycles. The number of nitrogens with one attached hydrogen (secondary N) is 1. The first-order valence-corrected chi connectivity index (χ1v) is 5.88. The van der Waals surface area contributed by atoms with Crippen molar-refractivity contribution in [1.82, 2.24) is 19.7 Å². The maximum Gasteiger partial charge on any atom is 0.250 e. The van der Waals surface area contributed by atoms with Gasteiger partial charge in [0.25, 0.3) is 0 Å². The lowest BCUT2D eigenvalue weighted by atomic mass is 10.3. The maximum absolute atomic E-state index is 11.7. The van der Waals surface area contributed by atoms with Crippen LogP contribution in [0.1, 0.15) is 13.8 Å². The molecule has 0 radical (unpaired) electrons. The number of anilines is 1. The van der Waals surface area contributed by atoms with Crippen molar-refractivity contribution in [2.45, 2.75) is 20.0 Å². The van der Waals surface area contributed by atoms with Crippen molar-refractivity contribution < 1.29 is 9.53 Å². The molecule has 0 bridgehead atoms. The highest BCUT2D eigenvalue weighted by Crippen LogP contribution is 2.15. The van der Waals surface area contributed by atoms with Crippen molar-refractivity contribution in [2.75, 3.05) is 11.9 Å². The standard InChI is InChI=1S/C12H15N5O2/c1-9(2)19-6-11(18)16-10-4-3-5-14-12(10)17-8-13-7-15-17/h3-5,7-9H,6H2,1-2H3,(H,16,18). The summed E-state index contributed by atoms with van der Waals surface area (Å²) in [6.45, 7) is 3.75.